The van der Waals surface area contributed by atoms with E-state index in [0.29, 0.717) is 18.7 Å². The number of pyridine rings is 1. The zero-order chi connectivity index (χ0) is 12.1. The molecule has 4 heteroatoms. The lowest BCUT2D eigenvalue weighted by Crippen LogP contribution is -2.55. The van der Waals surface area contributed by atoms with Crippen molar-refractivity contribution in [2.75, 3.05) is 24.6 Å². The first-order valence-corrected chi connectivity index (χ1v) is 6.91. The second kappa shape index (κ2) is 3.93. The van der Waals surface area contributed by atoms with E-state index in [9.17, 15) is 0 Å². The summed E-state index contributed by atoms with van der Waals surface area (Å²) in [7, 11) is 0. The van der Waals surface area contributed by atoms with Crippen LogP contribution in [0.2, 0.25) is 0 Å². The quantitative estimate of drug-likeness (QED) is 0.736. The van der Waals surface area contributed by atoms with Crippen LogP contribution in [0, 0.1) is 0 Å². The largest absolute Gasteiger partial charge is 0.375 e. The van der Waals surface area contributed by atoms with Crippen LogP contribution in [0.3, 0.4) is 0 Å². The average Bonchev–Trinajstić information content (AvgIpc) is 2.74. The number of hydrogen-bond donors (Lipinski definition) is 1. The summed E-state index contributed by atoms with van der Waals surface area (Å²) in [5.41, 5.74) is 4.00. The van der Waals surface area contributed by atoms with Crippen LogP contribution in [0.25, 0.3) is 0 Å². The van der Waals surface area contributed by atoms with E-state index in [1.54, 1.807) is 0 Å². The van der Waals surface area contributed by atoms with Crippen molar-refractivity contribution in [3.63, 3.8) is 0 Å². The van der Waals surface area contributed by atoms with Gasteiger partial charge in [0.2, 0.25) is 0 Å². The highest BCUT2D eigenvalue weighted by Crippen LogP contribution is 2.35. The van der Waals surface area contributed by atoms with Gasteiger partial charge in [0.25, 0.3) is 0 Å². The molecule has 1 N–H and O–H groups in total. The molecule has 2 atom stereocenters. The van der Waals surface area contributed by atoms with Gasteiger partial charge in [0.05, 0.1) is 18.9 Å². The third-order valence-electron chi connectivity index (χ3n) is 4.39. The molecule has 3 aliphatic rings. The van der Waals surface area contributed by atoms with Crippen LogP contribution in [0.15, 0.2) is 6.07 Å². The van der Waals surface area contributed by atoms with Crippen molar-refractivity contribution in [3.05, 3.63) is 22.9 Å². The molecule has 0 aromatic carbocycles. The zero-order valence-corrected chi connectivity index (χ0v) is 10.8. The van der Waals surface area contributed by atoms with Crippen molar-refractivity contribution in [2.45, 2.75) is 38.5 Å². The summed E-state index contributed by atoms with van der Waals surface area (Å²) < 4.78 is 5.53. The van der Waals surface area contributed by atoms with E-state index >= 15 is 0 Å². The van der Waals surface area contributed by atoms with Gasteiger partial charge in [0, 0.05) is 25.2 Å². The van der Waals surface area contributed by atoms with Crippen LogP contribution in [0.1, 0.15) is 23.7 Å². The molecule has 96 valence electrons. The monoisotopic (exact) mass is 245 g/mol. The van der Waals surface area contributed by atoms with Gasteiger partial charge < -0.3 is 15.0 Å². The summed E-state index contributed by atoms with van der Waals surface area (Å²) in [6.07, 6.45) is 2.17. The Morgan fingerprint density at radius 2 is 2.33 bits per heavy atom. The predicted octanol–water partition coefficient (Wildman–Crippen LogP) is 0.877. The molecule has 0 aliphatic carbocycles. The molecule has 1 fully saturated rings. The van der Waals surface area contributed by atoms with E-state index in [1.165, 1.54) is 16.9 Å². The van der Waals surface area contributed by atoms with E-state index in [2.05, 4.69) is 23.2 Å². The molecule has 0 spiro atoms. The van der Waals surface area contributed by atoms with E-state index in [0.717, 1.165) is 38.2 Å². The number of nitrogens with zero attached hydrogens (tertiary/aromatic N) is 2. The first-order chi connectivity index (χ1) is 8.83. The molecule has 0 unspecified atom stereocenters. The second-order valence-electron chi connectivity index (χ2n) is 5.65. The van der Waals surface area contributed by atoms with Crippen LogP contribution < -0.4 is 10.2 Å². The van der Waals surface area contributed by atoms with Crippen LogP contribution >= 0.6 is 0 Å². The molecule has 4 nitrogen and oxygen atoms in total. The van der Waals surface area contributed by atoms with Crippen molar-refractivity contribution >= 4 is 5.82 Å². The highest BCUT2D eigenvalue weighted by molar-refractivity contribution is 5.57. The number of hydrogen-bond acceptors (Lipinski definition) is 4. The maximum absolute atomic E-state index is 5.53. The molecule has 18 heavy (non-hydrogen) atoms. The molecule has 0 amide bonds. The lowest BCUT2D eigenvalue weighted by molar-refractivity contribution is 0.107. The molecular formula is C14H19N3O. The van der Waals surface area contributed by atoms with Gasteiger partial charge in [-0.05, 0) is 30.9 Å². The molecule has 1 aromatic heterocycles. The predicted molar refractivity (Wildman–Crippen MR) is 69.9 cm³/mol. The smallest absolute Gasteiger partial charge is 0.132 e. The molecule has 1 aromatic rings. The Hall–Kier alpha value is -1.13. The first-order valence-electron chi connectivity index (χ1n) is 6.91. The number of aromatic nitrogens is 1. The Bertz CT molecular complexity index is 488. The standard InChI is InChI=1S/C14H19N3O/c1-9-6-15-7-12-5-11-4-10-2-3-18-8-13(10)16-14(11)17(9)12/h4,9,12,15H,2-3,5-8H2,1H3/t9-,12+/m0/s1. The highest BCUT2D eigenvalue weighted by Gasteiger charge is 2.37. The Balaban J connectivity index is 1.78. The van der Waals surface area contributed by atoms with Gasteiger partial charge in [-0.1, -0.05) is 6.07 Å². The van der Waals surface area contributed by atoms with Crippen molar-refractivity contribution in [1.82, 2.24) is 10.3 Å². The van der Waals surface area contributed by atoms with Gasteiger partial charge in [-0.25, -0.2) is 4.98 Å². The summed E-state index contributed by atoms with van der Waals surface area (Å²) in [4.78, 5) is 7.42. The van der Waals surface area contributed by atoms with Crippen LogP contribution in [-0.4, -0.2) is 36.8 Å². The van der Waals surface area contributed by atoms with Gasteiger partial charge >= 0.3 is 0 Å². The second-order valence-corrected chi connectivity index (χ2v) is 5.65. The third kappa shape index (κ3) is 1.49. The normalized spacial score (nSPS) is 29.7. The summed E-state index contributed by atoms with van der Waals surface area (Å²) >= 11 is 0. The number of ether oxygens (including phenoxy) is 1. The minimum atomic E-state index is 0.542. The van der Waals surface area contributed by atoms with Crippen LogP contribution in [-0.2, 0) is 24.2 Å². The average molecular weight is 245 g/mol. The number of fused-ring (bicyclic) bond motifs is 4. The van der Waals surface area contributed by atoms with E-state index in [1.807, 2.05) is 0 Å². The van der Waals surface area contributed by atoms with E-state index in [4.69, 9.17) is 9.72 Å². The minimum Gasteiger partial charge on any atom is -0.375 e. The van der Waals surface area contributed by atoms with Crippen molar-refractivity contribution < 1.29 is 4.74 Å². The lowest BCUT2D eigenvalue weighted by Gasteiger charge is -2.38. The van der Waals surface area contributed by atoms with Gasteiger partial charge in [-0.3, -0.25) is 0 Å². The van der Waals surface area contributed by atoms with Gasteiger partial charge in [0.15, 0.2) is 0 Å². The lowest BCUT2D eigenvalue weighted by atomic mass is 10.0. The summed E-state index contributed by atoms with van der Waals surface area (Å²) in [6, 6.07) is 3.52. The molecule has 0 bridgehead atoms. The molecule has 4 rings (SSSR count). The maximum atomic E-state index is 5.53. The summed E-state index contributed by atoms with van der Waals surface area (Å²) in [5, 5.41) is 3.52. The Kier molecular flexibility index (Phi) is 2.35. The maximum Gasteiger partial charge on any atom is 0.132 e. The molecule has 0 saturated carbocycles. The number of anilines is 1. The van der Waals surface area contributed by atoms with Crippen molar-refractivity contribution in [1.29, 1.82) is 0 Å². The fourth-order valence-corrected chi connectivity index (χ4v) is 3.52. The van der Waals surface area contributed by atoms with Gasteiger partial charge in [0.1, 0.15) is 5.82 Å². The Morgan fingerprint density at radius 1 is 1.39 bits per heavy atom. The number of rotatable bonds is 0. The summed E-state index contributed by atoms with van der Waals surface area (Å²) in [5.74, 6) is 1.22. The molecule has 3 aliphatic heterocycles. The van der Waals surface area contributed by atoms with Gasteiger partial charge in [-0.2, -0.15) is 0 Å². The van der Waals surface area contributed by atoms with Crippen LogP contribution in [0.5, 0.6) is 0 Å². The molecule has 1 saturated heterocycles. The van der Waals surface area contributed by atoms with Gasteiger partial charge in [-0.15, -0.1) is 0 Å². The topological polar surface area (TPSA) is 37.4 Å². The van der Waals surface area contributed by atoms with E-state index in [-0.39, 0.29) is 0 Å². The van der Waals surface area contributed by atoms with Crippen molar-refractivity contribution in [2.24, 2.45) is 0 Å². The third-order valence-corrected chi connectivity index (χ3v) is 4.39. The molecular weight excluding hydrogens is 226 g/mol. The molecule has 0 radical (unpaired) electrons. The fraction of sp³-hybridized carbons (Fsp3) is 0.643. The Labute approximate surface area is 107 Å². The van der Waals surface area contributed by atoms with E-state index < -0.39 is 0 Å². The number of nitrogens with one attached hydrogen (secondary N) is 1. The first kappa shape index (κ1) is 10.8. The minimum absolute atomic E-state index is 0.542. The fourth-order valence-electron chi connectivity index (χ4n) is 3.52. The van der Waals surface area contributed by atoms with Crippen LogP contribution in [0.4, 0.5) is 5.82 Å². The zero-order valence-electron chi connectivity index (χ0n) is 10.8. The highest BCUT2D eigenvalue weighted by atomic mass is 16.5. The Morgan fingerprint density at radius 3 is 3.28 bits per heavy atom. The SMILES string of the molecule is C[C@H]1CNC[C@H]2Cc3cc4c(nc3N21)COCC4. The molecule has 4 heterocycles. The summed E-state index contributed by atoms with van der Waals surface area (Å²) in [6.45, 7) is 5.96. The van der Waals surface area contributed by atoms with Crippen molar-refractivity contribution in [3.8, 4) is 0 Å². The number of piperazine rings is 1.